The van der Waals surface area contributed by atoms with Crippen LogP contribution in [-0.2, 0) is 6.42 Å². The number of methoxy groups -OCH3 is 1. The van der Waals surface area contributed by atoms with Crippen LogP contribution in [0.4, 0.5) is 6.01 Å². The zero-order chi connectivity index (χ0) is 16.1. The second-order valence-corrected chi connectivity index (χ2v) is 5.67. The summed E-state index contributed by atoms with van der Waals surface area (Å²) < 4.78 is 14.1. The van der Waals surface area contributed by atoms with Crippen LogP contribution in [0.1, 0.15) is 12.5 Å². The molecular weight excluding hydrogens is 310 g/mol. The van der Waals surface area contributed by atoms with E-state index in [2.05, 4.69) is 34.0 Å². The van der Waals surface area contributed by atoms with Gasteiger partial charge < -0.3 is 9.15 Å². The van der Waals surface area contributed by atoms with Crippen molar-refractivity contribution in [2.75, 3.05) is 11.8 Å². The zero-order valence-electron chi connectivity index (χ0n) is 12.9. The normalized spacial score (nSPS) is 10.5. The van der Waals surface area contributed by atoms with Crippen molar-refractivity contribution in [1.29, 1.82) is 0 Å². The summed E-state index contributed by atoms with van der Waals surface area (Å²) in [6, 6.07) is 16.1. The van der Waals surface area contributed by atoms with Gasteiger partial charge in [0.05, 0.1) is 12.0 Å². The van der Waals surface area contributed by atoms with Crippen LogP contribution in [0.2, 0.25) is 0 Å². The summed E-state index contributed by atoms with van der Waals surface area (Å²) in [6.45, 7) is 2.12. The van der Waals surface area contributed by atoms with Crippen molar-refractivity contribution in [3.8, 4) is 17.2 Å². The van der Waals surface area contributed by atoms with Crippen molar-refractivity contribution in [2.45, 2.75) is 18.2 Å². The maximum absolute atomic E-state index is 5.63. The van der Waals surface area contributed by atoms with E-state index in [0.29, 0.717) is 11.9 Å². The van der Waals surface area contributed by atoms with Crippen LogP contribution < -0.4 is 9.46 Å². The van der Waals surface area contributed by atoms with E-state index in [1.807, 2.05) is 36.4 Å². The van der Waals surface area contributed by atoms with Crippen LogP contribution >= 0.6 is 11.9 Å². The van der Waals surface area contributed by atoms with Gasteiger partial charge in [-0.2, -0.15) is 0 Å². The van der Waals surface area contributed by atoms with E-state index in [0.717, 1.165) is 22.6 Å². The SMILES string of the molecule is CCc1ccc(OC)c(SNc2nnc(-c3ccccc3)o2)c1. The van der Waals surface area contributed by atoms with Gasteiger partial charge >= 0.3 is 6.01 Å². The average Bonchev–Trinajstić information content (AvgIpc) is 3.09. The fourth-order valence-electron chi connectivity index (χ4n) is 2.08. The van der Waals surface area contributed by atoms with Gasteiger partial charge in [0.15, 0.2) is 0 Å². The summed E-state index contributed by atoms with van der Waals surface area (Å²) in [5.41, 5.74) is 2.13. The highest BCUT2D eigenvalue weighted by atomic mass is 32.2. The maximum Gasteiger partial charge on any atom is 0.326 e. The number of benzene rings is 2. The van der Waals surface area contributed by atoms with E-state index >= 15 is 0 Å². The zero-order valence-corrected chi connectivity index (χ0v) is 13.8. The van der Waals surface area contributed by atoms with Gasteiger partial charge in [-0.15, -0.1) is 5.10 Å². The lowest BCUT2D eigenvalue weighted by molar-refractivity contribution is 0.404. The molecular formula is C17H17N3O2S. The van der Waals surface area contributed by atoms with Crippen LogP contribution in [0.15, 0.2) is 57.8 Å². The topological polar surface area (TPSA) is 60.2 Å². The Morgan fingerprint density at radius 2 is 1.96 bits per heavy atom. The summed E-state index contributed by atoms with van der Waals surface area (Å²) in [7, 11) is 1.66. The molecule has 1 heterocycles. The third-order valence-electron chi connectivity index (χ3n) is 3.33. The Morgan fingerprint density at radius 3 is 2.70 bits per heavy atom. The monoisotopic (exact) mass is 327 g/mol. The highest BCUT2D eigenvalue weighted by Gasteiger charge is 2.10. The fourth-order valence-corrected chi connectivity index (χ4v) is 2.82. The first-order valence-corrected chi connectivity index (χ1v) is 8.10. The molecule has 5 nitrogen and oxygen atoms in total. The third-order valence-corrected chi connectivity index (χ3v) is 4.15. The number of hydrogen-bond acceptors (Lipinski definition) is 6. The lowest BCUT2D eigenvalue weighted by Gasteiger charge is -2.09. The van der Waals surface area contributed by atoms with Crippen LogP contribution in [0, 0.1) is 0 Å². The van der Waals surface area contributed by atoms with Crippen molar-refractivity contribution in [1.82, 2.24) is 10.2 Å². The van der Waals surface area contributed by atoms with Gasteiger partial charge in [0.2, 0.25) is 5.89 Å². The summed E-state index contributed by atoms with van der Waals surface area (Å²) >= 11 is 1.39. The van der Waals surface area contributed by atoms with Gasteiger partial charge in [-0.1, -0.05) is 36.3 Å². The van der Waals surface area contributed by atoms with Gasteiger partial charge in [0.1, 0.15) is 5.75 Å². The first kappa shape index (κ1) is 15.4. The first-order chi connectivity index (χ1) is 11.3. The van der Waals surface area contributed by atoms with E-state index < -0.39 is 0 Å². The highest BCUT2D eigenvalue weighted by Crippen LogP contribution is 2.31. The molecule has 0 radical (unpaired) electrons. The molecule has 0 saturated carbocycles. The fraction of sp³-hybridized carbons (Fsp3) is 0.176. The van der Waals surface area contributed by atoms with Gasteiger partial charge in [0, 0.05) is 5.56 Å². The quantitative estimate of drug-likeness (QED) is 0.676. The Balaban J connectivity index is 1.73. The van der Waals surface area contributed by atoms with E-state index in [9.17, 15) is 0 Å². The molecule has 0 unspecified atom stereocenters. The van der Waals surface area contributed by atoms with Crippen molar-refractivity contribution in [3.63, 3.8) is 0 Å². The first-order valence-electron chi connectivity index (χ1n) is 7.29. The van der Waals surface area contributed by atoms with Gasteiger partial charge in [-0.05, 0) is 48.2 Å². The van der Waals surface area contributed by atoms with Crippen molar-refractivity contribution < 1.29 is 9.15 Å². The standard InChI is InChI=1S/C17H17N3O2S/c1-3-12-9-10-14(21-2)15(11-12)23-20-17-19-18-16(22-17)13-7-5-4-6-8-13/h4-11H,3H2,1-2H3,(H,19,20). The molecule has 0 saturated heterocycles. The Morgan fingerprint density at radius 1 is 1.13 bits per heavy atom. The summed E-state index contributed by atoms with van der Waals surface area (Å²) in [4.78, 5) is 0.978. The summed E-state index contributed by atoms with van der Waals surface area (Å²) in [5, 5.41) is 8.07. The summed E-state index contributed by atoms with van der Waals surface area (Å²) in [6.07, 6.45) is 0.969. The lowest BCUT2D eigenvalue weighted by atomic mass is 10.2. The molecule has 1 N–H and O–H groups in total. The molecule has 0 spiro atoms. The Hall–Kier alpha value is -2.47. The van der Waals surface area contributed by atoms with E-state index in [1.165, 1.54) is 17.5 Å². The molecule has 6 heteroatoms. The molecule has 118 valence electrons. The number of hydrogen-bond donors (Lipinski definition) is 1. The molecule has 23 heavy (non-hydrogen) atoms. The number of aromatic nitrogens is 2. The molecule has 2 aromatic carbocycles. The Labute approximate surface area is 139 Å². The van der Waals surface area contributed by atoms with E-state index in [-0.39, 0.29) is 0 Å². The number of aryl methyl sites for hydroxylation is 1. The van der Waals surface area contributed by atoms with Crippen LogP contribution in [0.5, 0.6) is 5.75 Å². The predicted octanol–water partition coefficient (Wildman–Crippen LogP) is 4.43. The maximum atomic E-state index is 5.63. The van der Waals surface area contributed by atoms with Crippen LogP contribution in [-0.4, -0.2) is 17.3 Å². The number of nitrogens with zero attached hydrogens (tertiary/aromatic N) is 2. The Bertz CT molecular complexity index is 775. The number of nitrogens with one attached hydrogen (secondary N) is 1. The molecule has 0 aliphatic heterocycles. The molecule has 3 rings (SSSR count). The van der Waals surface area contributed by atoms with Crippen LogP contribution in [0.25, 0.3) is 11.5 Å². The van der Waals surface area contributed by atoms with Crippen molar-refractivity contribution in [3.05, 3.63) is 54.1 Å². The second kappa shape index (κ2) is 7.19. The largest absolute Gasteiger partial charge is 0.496 e. The summed E-state index contributed by atoms with van der Waals surface area (Å²) in [5.74, 6) is 1.30. The minimum Gasteiger partial charge on any atom is -0.496 e. The molecule has 0 aliphatic rings. The molecule has 0 atom stereocenters. The average molecular weight is 327 g/mol. The van der Waals surface area contributed by atoms with Crippen molar-refractivity contribution >= 4 is 18.0 Å². The number of anilines is 1. The minimum atomic E-state index is 0.359. The molecule has 1 aromatic heterocycles. The van der Waals surface area contributed by atoms with Gasteiger partial charge in [-0.3, -0.25) is 4.72 Å². The molecule has 0 aliphatic carbocycles. The molecule has 0 fully saturated rings. The lowest BCUT2D eigenvalue weighted by Crippen LogP contribution is -1.92. The molecule has 0 bridgehead atoms. The smallest absolute Gasteiger partial charge is 0.326 e. The Kier molecular flexibility index (Phi) is 4.83. The molecule has 3 aromatic rings. The van der Waals surface area contributed by atoms with E-state index in [1.54, 1.807) is 7.11 Å². The predicted molar refractivity (Wildman–Crippen MR) is 91.6 cm³/mol. The highest BCUT2D eigenvalue weighted by molar-refractivity contribution is 8.00. The number of ether oxygens (including phenoxy) is 1. The van der Waals surface area contributed by atoms with Crippen molar-refractivity contribution in [2.24, 2.45) is 0 Å². The molecule has 0 amide bonds. The minimum absolute atomic E-state index is 0.359. The van der Waals surface area contributed by atoms with Gasteiger partial charge in [0.25, 0.3) is 0 Å². The second-order valence-electron chi connectivity index (χ2n) is 4.82. The van der Waals surface area contributed by atoms with Crippen LogP contribution in [0.3, 0.4) is 0 Å². The van der Waals surface area contributed by atoms with Gasteiger partial charge in [-0.25, -0.2) is 0 Å². The third kappa shape index (κ3) is 3.65. The van der Waals surface area contributed by atoms with E-state index in [4.69, 9.17) is 9.15 Å². The number of rotatable bonds is 6.